The molecule has 3 fully saturated rings. The lowest BCUT2D eigenvalue weighted by molar-refractivity contribution is 0.0171. The standard InChI is InChI=1S/C9H17N3O/c1-11(2)9(13)12-4-6-3-7(5-12)8(6)10/h6-8H,3-5,10H2,1-2H3. The second kappa shape index (κ2) is 2.87. The lowest BCUT2D eigenvalue weighted by Gasteiger charge is -2.52. The number of nitrogens with two attached hydrogens (primary N) is 1. The van der Waals surface area contributed by atoms with Crippen molar-refractivity contribution in [1.82, 2.24) is 9.80 Å². The van der Waals surface area contributed by atoms with Crippen LogP contribution in [-0.2, 0) is 0 Å². The summed E-state index contributed by atoms with van der Waals surface area (Å²) >= 11 is 0. The van der Waals surface area contributed by atoms with E-state index in [-0.39, 0.29) is 6.03 Å². The summed E-state index contributed by atoms with van der Waals surface area (Å²) in [7, 11) is 3.59. The molecule has 4 heteroatoms. The first-order valence-electron chi connectivity index (χ1n) is 4.81. The molecule has 3 rings (SSSR count). The lowest BCUT2D eigenvalue weighted by Crippen LogP contribution is -2.63. The van der Waals surface area contributed by atoms with Gasteiger partial charge in [-0.1, -0.05) is 0 Å². The van der Waals surface area contributed by atoms with Crippen molar-refractivity contribution < 1.29 is 4.79 Å². The van der Waals surface area contributed by atoms with Gasteiger partial charge >= 0.3 is 6.03 Å². The fraction of sp³-hybridized carbons (Fsp3) is 0.889. The van der Waals surface area contributed by atoms with E-state index in [1.807, 2.05) is 4.90 Å². The first kappa shape index (κ1) is 8.81. The molecule has 1 aliphatic carbocycles. The predicted molar refractivity (Wildman–Crippen MR) is 50.2 cm³/mol. The molecule has 4 nitrogen and oxygen atoms in total. The van der Waals surface area contributed by atoms with Crippen LogP contribution in [0.25, 0.3) is 0 Å². The zero-order chi connectivity index (χ0) is 9.59. The number of carbonyl (C=O) groups excluding carboxylic acids is 1. The summed E-state index contributed by atoms with van der Waals surface area (Å²) in [4.78, 5) is 15.1. The molecule has 0 radical (unpaired) electrons. The molecule has 2 unspecified atom stereocenters. The van der Waals surface area contributed by atoms with Crippen molar-refractivity contribution in [2.24, 2.45) is 17.6 Å². The van der Waals surface area contributed by atoms with Crippen LogP contribution >= 0.6 is 0 Å². The smallest absolute Gasteiger partial charge is 0.319 e. The maximum Gasteiger partial charge on any atom is 0.319 e. The maximum atomic E-state index is 11.6. The Morgan fingerprint density at radius 3 is 2.31 bits per heavy atom. The number of piperidine rings is 2. The van der Waals surface area contributed by atoms with Gasteiger partial charge in [0.25, 0.3) is 0 Å². The molecular weight excluding hydrogens is 166 g/mol. The average Bonchev–Trinajstić information content (AvgIpc) is 2.15. The summed E-state index contributed by atoms with van der Waals surface area (Å²) in [5.41, 5.74) is 5.91. The van der Waals surface area contributed by atoms with E-state index in [0.29, 0.717) is 17.9 Å². The van der Waals surface area contributed by atoms with E-state index < -0.39 is 0 Å². The molecule has 0 aromatic rings. The highest BCUT2D eigenvalue weighted by Crippen LogP contribution is 2.38. The summed E-state index contributed by atoms with van der Waals surface area (Å²) < 4.78 is 0. The molecule has 2 N–H and O–H groups in total. The number of fused-ring (bicyclic) bond motifs is 2. The van der Waals surface area contributed by atoms with Crippen molar-refractivity contribution in [2.45, 2.75) is 12.5 Å². The molecule has 2 atom stereocenters. The number of nitrogens with zero attached hydrogens (tertiary/aromatic N) is 2. The molecule has 2 bridgehead atoms. The summed E-state index contributed by atoms with van der Waals surface area (Å²) in [5, 5.41) is 0. The molecule has 2 heterocycles. The number of urea groups is 1. The summed E-state index contributed by atoms with van der Waals surface area (Å²) in [5.74, 6) is 1.12. The lowest BCUT2D eigenvalue weighted by atomic mass is 9.67. The molecule has 74 valence electrons. The van der Waals surface area contributed by atoms with Gasteiger partial charge in [0, 0.05) is 33.2 Å². The molecule has 2 aliphatic heterocycles. The Morgan fingerprint density at radius 1 is 1.38 bits per heavy atom. The van der Waals surface area contributed by atoms with Crippen molar-refractivity contribution in [3.63, 3.8) is 0 Å². The second-order valence-electron chi connectivity index (χ2n) is 4.42. The minimum atomic E-state index is 0.126. The van der Waals surface area contributed by atoms with E-state index in [2.05, 4.69) is 0 Å². The number of hydrogen-bond donors (Lipinski definition) is 1. The van der Waals surface area contributed by atoms with Crippen LogP contribution in [0.5, 0.6) is 0 Å². The Kier molecular flexibility index (Phi) is 1.95. The Balaban J connectivity index is 1.95. The summed E-state index contributed by atoms with van der Waals surface area (Å²) in [6, 6.07) is 0.479. The van der Waals surface area contributed by atoms with Crippen molar-refractivity contribution in [3.05, 3.63) is 0 Å². The first-order chi connectivity index (χ1) is 6.09. The number of hydrogen-bond acceptors (Lipinski definition) is 2. The van der Waals surface area contributed by atoms with Crippen LogP contribution < -0.4 is 5.73 Å². The quantitative estimate of drug-likeness (QED) is 0.572. The van der Waals surface area contributed by atoms with Crippen LogP contribution in [0.15, 0.2) is 0 Å². The van der Waals surface area contributed by atoms with Crippen LogP contribution in [0.3, 0.4) is 0 Å². The minimum absolute atomic E-state index is 0.126. The van der Waals surface area contributed by atoms with Gasteiger partial charge in [-0.05, 0) is 18.3 Å². The third kappa shape index (κ3) is 1.29. The fourth-order valence-electron chi connectivity index (χ4n) is 2.36. The van der Waals surface area contributed by atoms with E-state index >= 15 is 0 Å². The van der Waals surface area contributed by atoms with Gasteiger partial charge in [0.1, 0.15) is 0 Å². The maximum absolute atomic E-state index is 11.6. The largest absolute Gasteiger partial charge is 0.331 e. The zero-order valence-electron chi connectivity index (χ0n) is 8.23. The molecule has 13 heavy (non-hydrogen) atoms. The van der Waals surface area contributed by atoms with Crippen LogP contribution in [0.4, 0.5) is 4.79 Å². The number of amides is 2. The molecule has 0 aromatic carbocycles. The van der Waals surface area contributed by atoms with Crippen molar-refractivity contribution >= 4 is 6.03 Å². The minimum Gasteiger partial charge on any atom is -0.331 e. The molecule has 0 spiro atoms. The van der Waals surface area contributed by atoms with Crippen molar-refractivity contribution in [2.75, 3.05) is 27.2 Å². The summed E-state index contributed by atoms with van der Waals surface area (Å²) in [6.45, 7) is 1.71. The van der Waals surface area contributed by atoms with Crippen LogP contribution in [-0.4, -0.2) is 49.1 Å². The molecule has 0 aromatic heterocycles. The van der Waals surface area contributed by atoms with Crippen molar-refractivity contribution in [3.8, 4) is 0 Å². The SMILES string of the molecule is CN(C)C(=O)N1CC2CC(C1)C2N. The fourth-order valence-corrected chi connectivity index (χ4v) is 2.36. The average molecular weight is 183 g/mol. The van der Waals surface area contributed by atoms with E-state index in [1.165, 1.54) is 6.42 Å². The van der Waals surface area contributed by atoms with Gasteiger partial charge in [-0.15, -0.1) is 0 Å². The highest BCUT2D eigenvalue weighted by Gasteiger charge is 2.45. The second-order valence-corrected chi connectivity index (χ2v) is 4.42. The number of rotatable bonds is 0. The molecular formula is C9H17N3O. The molecule has 2 amide bonds. The van der Waals surface area contributed by atoms with E-state index in [0.717, 1.165) is 13.1 Å². The summed E-state index contributed by atoms with van der Waals surface area (Å²) in [6.07, 6.45) is 1.22. The van der Waals surface area contributed by atoms with Crippen LogP contribution in [0.2, 0.25) is 0 Å². The van der Waals surface area contributed by atoms with E-state index in [4.69, 9.17) is 5.73 Å². The topological polar surface area (TPSA) is 49.6 Å². The molecule has 3 aliphatic rings. The van der Waals surface area contributed by atoms with Crippen LogP contribution in [0, 0.1) is 11.8 Å². The third-order valence-electron chi connectivity index (χ3n) is 3.26. The van der Waals surface area contributed by atoms with Gasteiger partial charge in [-0.2, -0.15) is 0 Å². The Labute approximate surface area is 78.7 Å². The predicted octanol–water partition coefficient (Wildman–Crippen LogP) is -0.0530. The molecule has 1 saturated carbocycles. The normalized spacial score (nSPS) is 36.8. The van der Waals surface area contributed by atoms with Gasteiger partial charge in [0.05, 0.1) is 0 Å². The van der Waals surface area contributed by atoms with Gasteiger partial charge in [-0.25, -0.2) is 4.79 Å². The van der Waals surface area contributed by atoms with E-state index in [1.54, 1.807) is 19.0 Å². The molecule has 2 saturated heterocycles. The van der Waals surface area contributed by atoms with Gasteiger partial charge in [0.2, 0.25) is 0 Å². The van der Waals surface area contributed by atoms with Gasteiger partial charge < -0.3 is 15.5 Å². The van der Waals surface area contributed by atoms with E-state index in [9.17, 15) is 4.79 Å². The number of carbonyl (C=O) groups is 1. The van der Waals surface area contributed by atoms with Gasteiger partial charge in [0.15, 0.2) is 0 Å². The highest BCUT2D eigenvalue weighted by molar-refractivity contribution is 5.74. The van der Waals surface area contributed by atoms with Gasteiger partial charge in [-0.3, -0.25) is 0 Å². The van der Waals surface area contributed by atoms with Crippen LogP contribution in [0.1, 0.15) is 6.42 Å². The first-order valence-corrected chi connectivity index (χ1v) is 4.81. The highest BCUT2D eigenvalue weighted by atomic mass is 16.2. The zero-order valence-corrected chi connectivity index (χ0v) is 8.23. The Bertz CT molecular complexity index is 217. The Hall–Kier alpha value is -0.770. The Morgan fingerprint density at radius 2 is 1.92 bits per heavy atom. The van der Waals surface area contributed by atoms with Crippen molar-refractivity contribution in [1.29, 1.82) is 0 Å². The monoisotopic (exact) mass is 183 g/mol. The third-order valence-corrected chi connectivity index (χ3v) is 3.26.